The van der Waals surface area contributed by atoms with Crippen molar-refractivity contribution in [2.45, 2.75) is 0 Å². The molecule has 0 amide bonds. The first kappa shape index (κ1) is 13.5. The van der Waals surface area contributed by atoms with Gasteiger partial charge in [0.25, 0.3) is 0 Å². The lowest BCUT2D eigenvalue weighted by molar-refractivity contribution is 0.0688. The third-order valence-electron chi connectivity index (χ3n) is 2.33. The number of rotatable bonds is 4. The molecule has 1 aromatic carbocycles. The Morgan fingerprint density at radius 1 is 1.10 bits per heavy atom. The van der Waals surface area contributed by atoms with E-state index in [2.05, 4.69) is 9.97 Å². The fourth-order valence-electron chi connectivity index (χ4n) is 1.37. The van der Waals surface area contributed by atoms with Crippen LogP contribution < -0.4 is 9.47 Å². The average molecular weight is 274 g/mol. The highest BCUT2D eigenvalue weighted by Crippen LogP contribution is 2.17. The van der Waals surface area contributed by atoms with Gasteiger partial charge in [-0.15, -0.1) is 0 Å². The highest BCUT2D eigenvalue weighted by atomic mass is 16.5. The molecule has 7 heteroatoms. The summed E-state index contributed by atoms with van der Waals surface area (Å²) < 4.78 is 9.99. The molecule has 0 atom stereocenters. The third kappa shape index (κ3) is 3.08. The van der Waals surface area contributed by atoms with E-state index in [0.29, 0.717) is 5.75 Å². The molecule has 1 heterocycles. The lowest BCUT2D eigenvalue weighted by Gasteiger charge is -2.04. The van der Waals surface area contributed by atoms with Crippen LogP contribution in [0.5, 0.6) is 11.5 Å². The van der Waals surface area contributed by atoms with Crippen LogP contribution in [0.15, 0.2) is 36.5 Å². The summed E-state index contributed by atoms with van der Waals surface area (Å²) in [5.74, 6) is -1.50. The van der Waals surface area contributed by atoms with Crippen LogP contribution in [0.25, 0.3) is 0 Å². The van der Waals surface area contributed by atoms with E-state index in [4.69, 9.17) is 14.6 Å². The molecular weight excluding hydrogens is 264 g/mol. The Kier molecular flexibility index (Phi) is 3.90. The zero-order valence-corrected chi connectivity index (χ0v) is 10.4. The van der Waals surface area contributed by atoms with Gasteiger partial charge >= 0.3 is 11.9 Å². The number of esters is 1. The number of nitrogens with zero attached hydrogens (tertiary/aromatic N) is 2. The van der Waals surface area contributed by atoms with E-state index >= 15 is 0 Å². The first-order chi connectivity index (χ1) is 9.60. The molecule has 20 heavy (non-hydrogen) atoms. The molecule has 0 unspecified atom stereocenters. The predicted octanol–water partition coefficient (Wildman–Crippen LogP) is 1.40. The minimum atomic E-state index is -1.24. The zero-order chi connectivity index (χ0) is 14.5. The van der Waals surface area contributed by atoms with Crippen molar-refractivity contribution in [3.05, 3.63) is 48.0 Å². The Morgan fingerprint density at radius 3 is 2.35 bits per heavy atom. The Labute approximate surface area is 113 Å². The van der Waals surface area contributed by atoms with Crippen LogP contribution in [0.1, 0.15) is 21.1 Å². The van der Waals surface area contributed by atoms with E-state index in [-0.39, 0.29) is 17.3 Å². The lowest BCUT2D eigenvalue weighted by atomic mass is 10.3. The van der Waals surface area contributed by atoms with Crippen LogP contribution in [-0.4, -0.2) is 34.1 Å². The van der Waals surface area contributed by atoms with Crippen LogP contribution in [0.3, 0.4) is 0 Å². The van der Waals surface area contributed by atoms with E-state index in [1.165, 1.54) is 31.5 Å². The standard InChI is InChI=1S/C13H10N2O5/c1-19-8-2-4-9(5-3-8)20-13(18)11-14-7-6-10(15-11)12(16)17/h2-7H,1H3,(H,16,17). The molecule has 0 aliphatic rings. The smallest absolute Gasteiger partial charge is 0.381 e. The van der Waals surface area contributed by atoms with E-state index < -0.39 is 11.9 Å². The number of hydrogen-bond donors (Lipinski definition) is 1. The fourth-order valence-corrected chi connectivity index (χ4v) is 1.37. The van der Waals surface area contributed by atoms with Crippen molar-refractivity contribution in [2.24, 2.45) is 0 Å². The summed E-state index contributed by atoms with van der Waals surface area (Å²) in [6.45, 7) is 0. The van der Waals surface area contributed by atoms with Gasteiger partial charge in [-0.25, -0.2) is 19.6 Å². The second-order valence-corrected chi connectivity index (χ2v) is 3.64. The van der Waals surface area contributed by atoms with E-state index in [1.54, 1.807) is 12.1 Å². The van der Waals surface area contributed by atoms with Gasteiger partial charge in [0.15, 0.2) is 5.69 Å². The number of aromatic nitrogens is 2. The number of methoxy groups -OCH3 is 1. The van der Waals surface area contributed by atoms with Gasteiger partial charge in [-0.05, 0) is 30.3 Å². The monoisotopic (exact) mass is 274 g/mol. The van der Waals surface area contributed by atoms with Crippen molar-refractivity contribution < 1.29 is 24.2 Å². The zero-order valence-electron chi connectivity index (χ0n) is 10.4. The van der Waals surface area contributed by atoms with Crippen LogP contribution >= 0.6 is 0 Å². The highest BCUT2D eigenvalue weighted by molar-refractivity contribution is 5.90. The Balaban J connectivity index is 2.14. The molecule has 0 aliphatic carbocycles. The Bertz CT molecular complexity index is 639. The number of carboxylic acids is 1. The molecule has 102 valence electrons. The minimum absolute atomic E-state index is 0.276. The quantitative estimate of drug-likeness (QED) is 0.664. The summed E-state index contributed by atoms with van der Waals surface area (Å²) in [5.41, 5.74) is -0.276. The van der Waals surface area contributed by atoms with Gasteiger partial charge in [0.2, 0.25) is 5.82 Å². The molecule has 0 fully saturated rings. The molecule has 0 bridgehead atoms. The summed E-state index contributed by atoms with van der Waals surface area (Å²) in [5, 5.41) is 8.78. The summed E-state index contributed by atoms with van der Waals surface area (Å²) >= 11 is 0. The first-order valence-electron chi connectivity index (χ1n) is 5.52. The van der Waals surface area contributed by atoms with Crippen molar-refractivity contribution in [1.29, 1.82) is 0 Å². The first-order valence-corrected chi connectivity index (χ1v) is 5.52. The summed E-state index contributed by atoms with van der Waals surface area (Å²) in [4.78, 5) is 29.8. The largest absolute Gasteiger partial charge is 0.497 e. The van der Waals surface area contributed by atoms with Gasteiger partial charge in [-0.3, -0.25) is 0 Å². The third-order valence-corrected chi connectivity index (χ3v) is 2.33. The van der Waals surface area contributed by atoms with Crippen LogP contribution in [-0.2, 0) is 0 Å². The maximum absolute atomic E-state index is 11.8. The van der Waals surface area contributed by atoms with Crippen molar-refractivity contribution >= 4 is 11.9 Å². The molecular formula is C13H10N2O5. The fraction of sp³-hybridized carbons (Fsp3) is 0.0769. The predicted molar refractivity (Wildman–Crippen MR) is 66.9 cm³/mol. The van der Waals surface area contributed by atoms with Gasteiger partial charge in [0.05, 0.1) is 7.11 Å². The second kappa shape index (κ2) is 5.79. The van der Waals surface area contributed by atoms with Gasteiger partial charge in [0, 0.05) is 6.20 Å². The topological polar surface area (TPSA) is 98.6 Å². The lowest BCUT2D eigenvalue weighted by Crippen LogP contribution is -2.15. The van der Waals surface area contributed by atoms with Crippen molar-refractivity contribution in [3.63, 3.8) is 0 Å². The molecule has 0 saturated carbocycles. The van der Waals surface area contributed by atoms with Gasteiger partial charge in [-0.2, -0.15) is 0 Å². The Morgan fingerprint density at radius 2 is 1.75 bits per heavy atom. The molecule has 2 aromatic rings. The highest BCUT2D eigenvalue weighted by Gasteiger charge is 2.15. The number of carbonyl (C=O) groups excluding carboxylic acids is 1. The van der Waals surface area contributed by atoms with Crippen molar-refractivity contribution in [2.75, 3.05) is 7.11 Å². The second-order valence-electron chi connectivity index (χ2n) is 3.64. The number of carboxylic acid groups (broad SMARTS) is 1. The Hall–Kier alpha value is -2.96. The number of aromatic carboxylic acids is 1. The molecule has 7 nitrogen and oxygen atoms in total. The number of ether oxygens (including phenoxy) is 2. The summed E-state index contributed by atoms with van der Waals surface area (Å²) in [7, 11) is 1.52. The molecule has 1 aromatic heterocycles. The van der Waals surface area contributed by atoms with E-state index in [9.17, 15) is 9.59 Å². The van der Waals surface area contributed by atoms with Crippen LogP contribution in [0.2, 0.25) is 0 Å². The normalized spacial score (nSPS) is 9.85. The molecule has 0 spiro atoms. The summed E-state index contributed by atoms with van der Waals surface area (Å²) in [6.07, 6.45) is 1.18. The molecule has 1 N–H and O–H groups in total. The van der Waals surface area contributed by atoms with Crippen LogP contribution in [0.4, 0.5) is 0 Å². The molecule has 0 aliphatic heterocycles. The van der Waals surface area contributed by atoms with Crippen molar-refractivity contribution in [1.82, 2.24) is 9.97 Å². The van der Waals surface area contributed by atoms with Gasteiger partial charge in [-0.1, -0.05) is 0 Å². The van der Waals surface area contributed by atoms with Gasteiger partial charge in [0.1, 0.15) is 11.5 Å². The van der Waals surface area contributed by atoms with E-state index in [0.717, 1.165) is 0 Å². The molecule has 0 saturated heterocycles. The number of benzene rings is 1. The SMILES string of the molecule is COc1ccc(OC(=O)c2nccc(C(=O)O)n2)cc1. The maximum Gasteiger partial charge on any atom is 0.381 e. The molecule has 2 rings (SSSR count). The summed E-state index contributed by atoms with van der Waals surface area (Å²) in [6, 6.07) is 7.51. The van der Waals surface area contributed by atoms with Gasteiger partial charge < -0.3 is 14.6 Å². The minimum Gasteiger partial charge on any atom is -0.497 e. The van der Waals surface area contributed by atoms with Crippen molar-refractivity contribution in [3.8, 4) is 11.5 Å². The number of carbonyl (C=O) groups is 2. The van der Waals surface area contributed by atoms with E-state index in [1.807, 2.05) is 0 Å². The number of hydrogen-bond acceptors (Lipinski definition) is 6. The molecule has 0 radical (unpaired) electrons. The average Bonchev–Trinajstić information content (AvgIpc) is 2.48. The van der Waals surface area contributed by atoms with Crippen LogP contribution in [0, 0.1) is 0 Å². The maximum atomic E-state index is 11.8.